The Morgan fingerprint density at radius 2 is 0.824 bits per heavy atom. The molecule has 1 heterocycles. The molecule has 0 aromatic carbocycles. The van der Waals surface area contributed by atoms with Gasteiger partial charge >= 0.3 is 0 Å². The van der Waals surface area contributed by atoms with Gasteiger partial charge in [-0.1, -0.05) is 0 Å². The molecule has 0 aliphatic carbocycles. The lowest BCUT2D eigenvalue weighted by Crippen LogP contribution is -2.39. The smallest absolute Gasteiger partial charge is 0.261 e. The van der Waals surface area contributed by atoms with E-state index in [2.05, 4.69) is 21.3 Å². The van der Waals surface area contributed by atoms with Gasteiger partial charge in [-0.25, -0.2) is 0 Å². The average Bonchev–Trinajstić information content (AvgIpc) is 2.15. The van der Waals surface area contributed by atoms with Crippen LogP contribution in [0.3, 0.4) is 0 Å². The van der Waals surface area contributed by atoms with Crippen LogP contribution in [0.2, 0.25) is 0 Å². The van der Waals surface area contributed by atoms with Crippen molar-refractivity contribution in [3.05, 3.63) is 0 Å². The first kappa shape index (κ1) is 16.8. The van der Waals surface area contributed by atoms with E-state index in [4.69, 9.17) is 4.55 Å². The van der Waals surface area contributed by atoms with E-state index in [0.29, 0.717) is 6.26 Å². The number of hydrogen-bond donors (Lipinski definition) is 5. The third kappa shape index (κ3) is 21.6. The molecule has 104 valence electrons. The van der Waals surface area contributed by atoms with Gasteiger partial charge in [-0.2, -0.15) is 8.42 Å². The summed E-state index contributed by atoms with van der Waals surface area (Å²) in [6, 6.07) is 0. The molecule has 1 rings (SSSR count). The molecule has 1 saturated heterocycles. The van der Waals surface area contributed by atoms with Crippen molar-refractivity contribution in [1.82, 2.24) is 21.3 Å². The standard InChI is InChI=1S/C8H20N4.CH4O3S/c1-2-10-5-6-12-8-7-11-4-3-9-1;1-5(2,3)4/h9-12H,1-8H2;1H3,(H,2,3,4). The van der Waals surface area contributed by atoms with Crippen molar-refractivity contribution in [2.24, 2.45) is 0 Å². The molecular formula is C9H24N4O3S. The average molecular weight is 268 g/mol. The van der Waals surface area contributed by atoms with Crippen LogP contribution in [0.1, 0.15) is 0 Å². The Hall–Kier alpha value is -0.250. The fourth-order valence-electron chi connectivity index (χ4n) is 1.21. The van der Waals surface area contributed by atoms with Crippen LogP contribution in [-0.2, 0) is 10.1 Å². The summed E-state index contributed by atoms with van der Waals surface area (Å²) in [6.07, 6.45) is 0.715. The van der Waals surface area contributed by atoms with E-state index < -0.39 is 10.1 Å². The van der Waals surface area contributed by atoms with Gasteiger partial charge in [0.2, 0.25) is 0 Å². The topological polar surface area (TPSA) is 102 Å². The third-order valence-electron chi connectivity index (χ3n) is 1.91. The highest BCUT2D eigenvalue weighted by Crippen LogP contribution is 1.66. The van der Waals surface area contributed by atoms with E-state index in [9.17, 15) is 8.42 Å². The molecule has 8 heteroatoms. The SMILES string of the molecule is C1CNCCNCCNCCN1.CS(=O)(=O)O. The molecule has 0 saturated carbocycles. The zero-order valence-corrected chi connectivity index (χ0v) is 11.1. The lowest BCUT2D eigenvalue weighted by molar-refractivity contribution is 0.490. The maximum atomic E-state index is 9.19. The summed E-state index contributed by atoms with van der Waals surface area (Å²) in [4.78, 5) is 0. The van der Waals surface area contributed by atoms with Gasteiger partial charge in [0.15, 0.2) is 0 Å². The van der Waals surface area contributed by atoms with Gasteiger partial charge in [-0.05, 0) is 0 Å². The predicted octanol–water partition coefficient (Wildman–Crippen LogP) is -2.14. The largest absolute Gasteiger partial charge is 0.314 e. The van der Waals surface area contributed by atoms with E-state index in [1.807, 2.05) is 0 Å². The van der Waals surface area contributed by atoms with Crippen LogP contribution in [0.4, 0.5) is 0 Å². The summed E-state index contributed by atoms with van der Waals surface area (Å²) in [7, 11) is -3.67. The van der Waals surface area contributed by atoms with Crippen LogP contribution < -0.4 is 21.3 Å². The highest BCUT2D eigenvalue weighted by Gasteiger charge is 1.92. The van der Waals surface area contributed by atoms with Crippen molar-refractivity contribution in [1.29, 1.82) is 0 Å². The monoisotopic (exact) mass is 268 g/mol. The van der Waals surface area contributed by atoms with Crippen molar-refractivity contribution in [3.63, 3.8) is 0 Å². The predicted molar refractivity (Wildman–Crippen MR) is 69.0 cm³/mol. The van der Waals surface area contributed by atoms with Gasteiger partial charge in [0.05, 0.1) is 6.26 Å². The van der Waals surface area contributed by atoms with E-state index in [0.717, 1.165) is 52.4 Å². The molecule has 0 atom stereocenters. The molecule has 0 aromatic heterocycles. The molecular weight excluding hydrogens is 244 g/mol. The van der Waals surface area contributed by atoms with Gasteiger partial charge in [0, 0.05) is 52.4 Å². The first-order valence-corrected chi connectivity index (χ1v) is 7.60. The van der Waals surface area contributed by atoms with E-state index in [1.165, 1.54) is 0 Å². The second-order valence-corrected chi connectivity index (χ2v) is 5.20. The Labute approximate surface area is 103 Å². The highest BCUT2D eigenvalue weighted by molar-refractivity contribution is 7.85. The summed E-state index contributed by atoms with van der Waals surface area (Å²) >= 11 is 0. The molecule has 0 unspecified atom stereocenters. The summed E-state index contributed by atoms with van der Waals surface area (Å²) in [5.74, 6) is 0. The molecule has 0 spiro atoms. The van der Waals surface area contributed by atoms with Crippen LogP contribution in [0.25, 0.3) is 0 Å². The number of nitrogens with one attached hydrogen (secondary N) is 4. The Kier molecular flexibility index (Phi) is 10.7. The second kappa shape index (κ2) is 10.9. The Bertz CT molecular complexity index is 208. The first-order chi connectivity index (χ1) is 8.00. The first-order valence-electron chi connectivity index (χ1n) is 5.75. The molecule has 0 amide bonds. The zero-order chi connectivity index (χ0) is 13.0. The Morgan fingerprint density at radius 3 is 0.941 bits per heavy atom. The molecule has 1 aliphatic rings. The van der Waals surface area contributed by atoms with Crippen LogP contribution in [0.15, 0.2) is 0 Å². The molecule has 17 heavy (non-hydrogen) atoms. The van der Waals surface area contributed by atoms with Crippen molar-refractivity contribution in [3.8, 4) is 0 Å². The second-order valence-electron chi connectivity index (χ2n) is 3.73. The van der Waals surface area contributed by atoms with Crippen molar-refractivity contribution in [2.45, 2.75) is 0 Å². The zero-order valence-electron chi connectivity index (χ0n) is 10.3. The van der Waals surface area contributed by atoms with Crippen LogP contribution in [-0.4, -0.2) is 71.6 Å². The van der Waals surface area contributed by atoms with Crippen molar-refractivity contribution >= 4 is 10.1 Å². The summed E-state index contributed by atoms with van der Waals surface area (Å²) in [6.45, 7) is 8.57. The van der Waals surface area contributed by atoms with Crippen molar-refractivity contribution < 1.29 is 13.0 Å². The summed E-state index contributed by atoms with van der Waals surface area (Å²) < 4.78 is 25.9. The highest BCUT2D eigenvalue weighted by atomic mass is 32.2. The lowest BCUT2D eigenvalue weighted by Gasteiger charge is -2.11. The summed E-state index contributed by atoms with van der Waals surface area (Å²) in [5, 5.41) is 13.4. The molecule has 1 fully saturated rings. The lowest BCUT2D eigenvalue weighted by atomic mass is 10.4. The van der Waals surface area contributed by atoms with Crippen LogP contribution in [0, 0.1) is 0 Å². The molecule has 5 N–H and O–H groups in total. The van der Waals surface area contributed by atoms with Gasteiger partial charge < -0.3 is 21.3 Å². The van der Waals surface area contributed by atoms with Gasteiger partial charge in [0.1, 0.15) is 0 Å². The van der Waals surface area contributed by atoms with E-state index >= 15 is 0 Å². The van der Waals surface area contributed by atoms with Crippen LogP contribution in [0.5, 0.6) is 0 Å². The van der Waals surface area contributed by atoms with Crippen molar-refractivity contribution in [2.75, 3.05) is 58.6 Å². The van der Waals surface area contributed by atoms with E-state index in [1.54, 1.807) is 0 Å². The quantitative estimate of drug-likeness (QED) is 0.320. The fourth-order valence-corrected chi connectivity index (χ4v) is 1.21. The Morgan fingerprint density at radius 1 is 0.706 bits per heavy atom. The summed E-state index contributed by atoms with van der Waals surface area (Å²) in [5.41, 5.74) is 0. The normalized spacial score (nSPS) is 20.4. The molecule has 0 aromatic rings. The number of hydrogen-bond acceptors (Lipinski definition) is 6. The molecule has 0 bridgehead atoms. The minimum Gasteiger partial charge on any atom is -0.314 e. The molecule has 7 nitrogen and oxygen atoms in total. The maximum Gasteiger partial charge on any atom is 0.261 e. The third-order valence-corrected chi connectivity index (χ3v) is 1.91. The Balaban J connectivity index is 0.000000437. The maximum absolute atomic E-state index is 9.19. The van der Waals surface area contributed by atoms with Gasteiger partial charge in [-0.3, -0.25) is 4.55 Å². The fraction of sp³-hybridized carbons (Fsp3) is 1.00. The van der Waals surface area contributed by atoms with Crippen LogP contribution >= 0.6 is 0 Å². The molecule has 0 radical (unpaired) electrons. The van der Waals surface area contributed by atoms with Gasteiger partial charge in [-0.15, -0.1) is 0 Å². The number of rotatable bonds is 0. The van der Waals surface area contributed by atoms with Gasteiger partial charge in [0.25, 0.3) is 10.1 Å². The molecule has 1 aliphatic heterocycles. The minimum absolute atomic E-state index is 0.715. The minimum atomic E-state index is -3.67. The van der Waals surface area contributed by atoms with E-state index in [-0.39, 0.29) is 0 Å².